The first-order valence-corrected chi connectivity index (χ1v) is 6.97. The van der Waals surface area contributed by atoms with Gasteiger partial charge in [0.2, 0.25) is 5.91 Å². The minimum atomic E-state index is 0.149. The van der Waals surface area contributed by atoms with Crippen LogP contribution in [0.25, 0.3) is 0 Å². The second-order valence-electron chi connectivity index (χ2n) is 4.91. The lowest BCUT2D eigenvalue weighted by Gasteiger charge is -2.32. The van der Waals surface area contributed by atoms with Crippen LogP contribution in [0.4, 0.5) is 5.69 Å². The number of carbonyl (C=O) groups excluding carboxylic acids is 1. The van der Waals surface area contributed by atoms with Crippen molar-refractivity contribution in [2.24, 2.45) is 0 Å². The Labute approximate surface area is 111 Å². The largest absolute Gasteiger partial charge is 0.309 e. The summed E-state index contributed by atoms with van der Waals surface area (Å²) in [4.78, 5) is 14.0. The van der Waals surface area contributed by atoms with E-state index < -0.39 is 0 Å². The average Bonchev–Trinajstić information content (AvgIpc) is 2.32. The molecule has 2 heteroatoms. The van der Waals surface area contributed by atoms with Crippen LogP contribution in [0.1, 0.15) is 52.0 Å². The summed E-state index contributed by atoms with van der Waals surface area (Å²) in [5.74, 6) is 0.149. The molecule has 0 aliphatic rings. The molecule has 0 saturated carbocycles. The first kappa shape index (κ1) is 14.7. The van der Waals surface area contributed by atoms with Crippen LogP contribution in [-0.2, 0) is 4.79 Å². The summed E-state index contributed by atoms with van der Waals surface area (Å²) in [7, 11) is 0. The fraction of sp³-hybridized carbons (Fsp3) is 0.562. The fourth-order valence-corrected chi connectivity index (χ4v) is 2.53. The van der Waals surface area contributed by atoms with Crippen LogP contribution in [0.5, 0.6) is 0 Å². The third-order valence-electron chi connectivity index (χ3n) is 3.32. The fourth-order valence-electron chi connectivity index (χ4n) is 2.53. The molecule has 0 bridgehead atoms. The lowest BCUT2D eigenvalue weighted by molar-refractivity contribution is -0.117. The molecule has 1 amide bonds. The third kappa shape index (κ3) is 3.59. The highest BCUT2D eigenvalue weighted by molar-refractivity contribution is 5.92. The standard InChI is InChI=1S/C16H25NO/c1-5-9-15(10-6-2)17(14(4)18)16-12-8-7-11-13(16)3/h7-8,11-12,15H,5-6,9-10H2,1-4H3. The van der Waals surface area contributed by atoms with Crippen molar-refractivity contribution in [1.29, 1.82) is 0 Å². The summed E-state index contributed by atoms with van der Waals surface area (Å²) in [6.45, 7) is 8.10. The Morgan fingerprint density at radius 1 is 1.17 bits per heavy atom. The van der Waals surface area contributed by atoms with Gasteiger partial charge in [0.1, 0.15) is 0 Å². The lowest BCUT2D eigenvalue weighted by Crippen LogP contribution is -2.39. The Balaban J connectivity index is 3.07. The van der Waals surface area contributed by atoms with Crippen LogP contribution < -0.4 is 4.90 Å². The first-order chi connectivity index (χ1) is 8.61. The summed E-state index contributed by atoms with van der Waals surface area (Å²) in [6.07, 6.45) is 4.37. The molecule has 0 unspecified atom stereocenters. The number of rotatable bonds is 6. The molecule has 1 rings (SSSR count). The molecular weight excluding hydrogens is 222 g/mol. The van der Waals surface area contributed by atoms with Gasteiger partial charge in [-0.1, -0.05) is 44.9 Å². The van der Waals surface area contributed by atoms with Gasteiger partial charge in [0, 0.05) is 18.7 Å². The molecule has 0 N–H and O–H groups in total. The molecule has 0 atom stereocenters. The van der Waals surface area contributed by atoms with Gasteiger partial charge < -0.3 is 4.90 Å². The second kappa shape index (κ2) is 7.20. The van der Waals surface area contributed by atoms with E-state index in [0.717, 1.165) is 31.4 Å². The van der Waals surface area contributed by atoms with Crippen molar-refractivity contribution in [3.63, 3.8) is 0 Å². The summed E-state index contributed by atoms with van der Waals surface area (Å²) in [5, 5.41) is 0. The molecule has 0 saturated heterocycles. The molecule has 0 heterocycles. The lowest BCUT2D eigenvalue weighted by atomic mass is 10.0. The van der Waals surface area contributed by atoms with Crippen LogP contribution in [-0.4, -0.2) is 11.9 Å². The molecule has 0 fully saturated rings. The highest BCUT2D eigenvalue weighted by atomic mass is 16.2. The molecule has 1 aromatic rings. The third-order valence-corrected chi connectivity index (χ3v) is 3.32. The van der Waals surface area contributed by atoms with E-state index in [2.05, 4.69) is 32.9 Å². The molecule has 2 nitrogen and oxygen atoms in total. The number of hydrogen-bond acceptors (Lipinski definition) is 1. The number of anilines is 1. The van der Waals surface area contributed by atoms with E-state index in [1.165, 1.54) is 5.56 Å². The second-order valence-corrected chi connectivity index (χ2v) is 4.91. The molecule has 18 heavy (non-hydrogen) atoms. The van der Waals surface area contributed by atoms with Gasteiger partial charge in [-0.15, -0.1) is 0 Å². The van der Waals surface area contributed by atoms with Gasteiger partial charge in [-0.05, 0) is 31.4 Å². The van der Waals surface area contributed by atoms with Gasteiger partial charge in [0.05, 0.1) is 0 Å². The van der Waals surface area contributed by atoms with Gasteiger partial charge in [0.25, 0.3) is 0 Å². The molecule has 0 aliphatic heterocycles. The predicted molar refractivity (Wildman–Crippen MR) is 77.9 cm³/mol. The highest BCUT2D eigenvalue weighted by Crippen LogP contribution is 2.25. The molecule has 0 spiro atoms. The number of nitrogens with zero attached hydrogens (tertiary/aromatic N) is 1. The number of hydrogen-bond donors (Lipinski definition) is 0. The summed E-state index contributed by atoms with van der Waals surface area (Å²) >= 11 is 0. The number of carbonyl (C=O) groups is 1. The molecule has 100 valence electrons. The van der Waals surface area contributed by atoms with Gasteiger partial charge in [-0.3, -0.25) is 4.79 Å². The number of amides is 1. The monoisotopic (exact) mass is 247 g/mol. The van der Waals surface area contributed by atoms with E-state index in [9.17, 15) is 4.79 Å². The van der Waals surface area contributed by atoms with E-state index in [-0.39, 0.29) is 5.91 Å². The quantitative estimate of drug-likeness (QED) is 0.733. The van der Waals surface area contributed by atoms with Crippen molar-refractivity contribution in [2.75, 3.05) is 4.90 Å². The molecule has 0 aromatic heterocycles. The van der Waals surface area contributed by atoms with Crippen molar-refractivity contribution in [3.05, 3.63) is 29.8 Å². The van der Waals surface area contributed by atoms with Crippen molar-refractivity contribution in [3.8, 4) is 0 Å². The van der Waals surface area contributed by atoms with Crippen molar-refractivity contribution in [1.82, 2.24) is 0 Å². The Morgan fingerprint density at radius 2 is 1.72 bits per heavy atom. The average molecular weight is 247 g/mol. The first-order valence-electron chi connectivity index (χ1n) is 6.97. The minimum absolute atomic E-state index is 0.149. The number of para-hydroxylation sites is 1. The maximum absolute atomic E-state index is 12.0. The summed E-state index contributed by atoms with van der Waals surface area (Å²) in [6, 6.07) is 8.48. The zero-order valence-corrected chi connectivity index (χ0v) is 12.1. The highest BCUT2D eigenvalue weighted by Gasteiger charge is 2.22. The maximum Gasteiger partial charge on any atom is 0.224 e. The van der Waals surface area contributed by atoms with Crippen molar-refractivity contribution in [2.45, 2.75) is 59.4 Å². The molecular formula is C16H25NO. The van der Waals surface area contributed by atoms with Gasteiger partial charge in [-0.25, -0.2) is 0 Å². The van der Waals surface area contributed by atoms with Crippen LogP contribution in [0.2, 0.25) is 0 Å². The smallest absolute Gasteiger partial charge is 0.224 e. The van der Waals surface area contributed by atoms with E-state index >= 15 is 0 Å². The minimum Gasteiger partial charge on any atom is -0.309 e. The van der Waals surface area contributed by atoms with Crippen LogP contribution in [0, 0.1) is 6.92 Å². The Kier molecular flexibility index (Phi) is 5.90. The maximum atomic E-state index is 12.0. The topological polar surface area (TPSA) is 20.3 Å². The Bertz CT molecular complexity index is 380. The van der Waals surface area contributed by atoms with Gasteiger partial charge in [-0.2, -0.15) is 0 Å². The molecule has 1 aromatic carbocycles. The Morgan fingerprint density at radius 3 is 2.17 bits per heavy atom. The van der Waals surface area contributed by atoms with E-state index in [1.807, 2.05) is 17.0 Å². The van der Waals surface area contributed by atoms with Crippen LogP contribution in [0.15, 0.2) is 24.3 Å². The zero-order chi connectivity index (χ0) is 13.5. The normalized spacial score (nSPS) is 10.7. The zero-order valence-electron chi connectivity index (χ0n) is 12.1. The van der Waals surface area contributed by atoms with Crippen LogP contribution in [0.3, 0.4) is 0 Å². The SMILES string of the molecule is CCCC(CCC)N(C(C)=O)c1ccccc1C. The molecule has 0 aliphatic carbocycles. The number of aryl methyl sites for hydroxylation is 1. The van der Waals surface area contributed by atoms with Crippen LogP contribution >= 0.6 is 0 Å². The Hall–Kier alpha value is -1.31. The number of benzene rings is 1. The molecule has 0 radical (unpaired) electrons. The van der Waals surface area contributed by atoms with E-state index in [0.29, 0.717) is 6.04 Å². The summed E-state index contributed by atoms with van der Waals surface area (Å²) < 4.78 is 0. The van der Waals surface area contributed by atoms with Crippen molar-refractivity contribution >= 4 is 11.6 Å². The van der Waals surface area contributed by atoms with E-state index in [4.69, 9.17) is 0 Å². The summed E-state index contributed by atoms with van der Waals surface area (Å²) in [5.41, 5.74) is 2.24. The van der Waals surface area contributed by atoms with Gasteiger partial charge in [0.15, 0.2) is 0 Å². The van der Waals surface area contributed by atoms with E-state index in [1.54, 1.807) is 6.92 Å². The van der Waals surface area contributed by atoms with Crippen molar-refractivity contribution < 1.29 is 4.79 Å². The predicted octanol–water partition coefficient (Wildman–Crippen LogP) is 4.32. The van der Waals surface area contributed by atoms with Gasteiger partial charge >= 0.3 is 0 Å².